The number of amides is 1. The Labute approximate surface area is 190 Å². The van der Waals surface area contributed by atoms with Gasteiger partial charge in [0.2, 0.25) is 0 Å². The van der Waals surface area contributed by atoms with Crippen LogP contribution in [0.3, 0.4) is 0 Å². The van der Waals surface area contributed by atoms with Gasteiger partial charge in [-0.3, -0.25) is 14.5 Å². The predicted octanol–water partition coefficient (Wildman–Crippen LogP) is 4.97. The molecule has 0 aliphatic carbocycles. The van der Waals surface area contributed by atoms with Gasteiger partial charge in [-0.1, -0.05) is 60.7 Å². The van der Waals surface area contributed by atoms with E-state index < -0.39 is 0 Å². The van der Waals surface area contributed by atoms with E-state index in [0.717, 1.165) is 28.6 Å². The molecule has 2 aromatic carbocycles. The van der Waals surface area contributed by atoms with Crippen LogP contribution < -0.4 is 0 Å². The second kappa shape index (κ2) is 8.99. The molecule has 3 aromatic rings. The van der Waals surface area contributed by atoms with Crippen LogP contribution in [-0.4, -0.2) is 53.4 Å². The second-order valence-electron chi connectivity index (χ2n) is 7.89. The van der Waals surface area contributed by atoms with E-state index in [2.05, 4.69) is 53.4 Å². The summed E-state index contributed by atoms with van der Waals surface area (Å²) in [6.07, 6.45) is 0.571. The lowest BCUT2D eigenvalue weighted by Crippen LogP contribution is -2.49. The van der Waals surface area contributed by atoms with Crippen molar-refractivity contribution in [2.24, 2.45) is 0 Å². The molecule has 3 heterocycles. The van der Waals surface area contributed by atoms with E-state index in [1.807, 2.05) is 23.1 Å². The summed E-state index contributed by atoms with van der Waals surface area (Å²) in [6, 6.07) is 23.2. The SMILES string of the molecule is O=C1CCSc2sc(C(=O)N3CCN(C(c4ccccc4)c4ccccc4)CC3)cc21. The molecule has 1 saturated heterocycles. The van der Waals surface area contributed by atoms with Crippen molar-refractivity contribution >= 4 is 34.8 Å². The Bertz CT molecular complexity index is 1030. The molecule has 2 aliphatic heterocycles. The van der Waals surface area contributed by atoms with Crippen molar-refractivity contribution < 1.29 is 9.59 Å². The third kappa shape index (κ3) is 4.20. The van der Waals surface area contributed by atoms with Gasteiger partial charge < -0.3 is 4.90 Å². The number of piperazine rings is 1. The van der Waals surface area contributed by atoms with Crippen LogP contribution in [0.1, 0.15) is 43.6 Å². The molecule has 158 valence electrons. The molecule has 2 aliphatic rings. The number of thioether (sulfide) groups is 1. The Kier molecular flexibility index (Phi) is 5.94. The summed E-state index contributed by atoms with van der Waals surface area (Å²) in [6.45, 7) is 3.02. The maximum absolute atomic E-state index is 13.1. The van der Waals surface area contributed by atoms with Gasteiger partial charge in [-0.25, -0.2) is 0 Å². The third-order valence-corrected chi connectivity index (χ3v) is 8.38. The van der Waals surface area contributed by atoms with Gasteiger partial charge in [0.15, 0.2) is 5.78 Å². The van der Waals surface area contributed by atoms with Gasteiger partial charge in [0.05, 0.1) is 15.1 Å². The molecular weight excluding hydrogens is 424 g/mol. The largest absolute Gasteiger partial charge is 0.335 e. The van der Waals surface area contributed by atoms with Crippen molar-refractivity contribution in [3.63, 3.8) is 0 Å². The first-order chi connectivity index (χ1) is 15.2. The fraction of sp³-hybridized carbons (Fsp3) is 0.280. The molecule has 0 bridgehead atoms. The molecule has 0 saturated carbocycles. The van der Waals surface area contributed by atoms with Crippen LogP contribution in [0, 0.1) is 0 Å². The summed E-state index contributed by atoms with van der Waals surface area (Å²) in [5.41, 5.74) is 3.29. The lowest BCUT2D eigenvalue weighted by molar-refractivity contribution is 0.0602. The number of Topliss-reactive ketones (excluding diaryl/α,β-unsaturated/α-hetero) is 1. The topological polar surface area (TPSA) is 40.6 Å². The zero-order valence-corrected chi connectivity index (χ0v) is 18.8. The van der Waals surface area contributed by atoms with E-state index in [4.69, 9.17) is 0 Å². The molecule has 1 aromatic heterocycles. The van der Waals surface area contributed by atoms with Crippen molar-refractivity contribution in [2.75, 3.05) is 31.9 Å². The number of carbonyl (C=O) groups is 2. The minimum Gasteiger partial charge on any atom is -0.335 e. The summed E-state index contributed by atoms with van der Waals surface area (Å²) >= 11 is 3.17. The third-order valence-electron chi connectivity index (χ3n) is 5.97. The Morgan fingerprint density at radius 1 is 0.871 bits per heavy atom. The van der Waals surface area contributed by atoms with E-state index in [0.29, 0.717) is 24.4 Å². The van der Waals surface area contributed by atoms with Crippen LogP contribution in [-0.2, 0) is 0 Å². The first-order valence-electron chi connectivity index (χ1n) is 10.6. The average molecular weight is 449 g/mol. The Morgan fingerprint density at radius 2 is 1.48 bits per heavy atom. The maximum atomic E-state index is 13.1. The lowest BCUT2D eigenvalue weighted by atomic mass is 9.96. The molecule has 0 N–H and O–H groups in total. The second-order valence-corrected chi connectivity index (χ2v) is 10.3. The number of fused-ring (bicyclic) bond motifs is 1. The summed E-state index contributed by atoms with van der Waals surface area (Å²) in [4.78, 5) is 30.4. The van der Waals surface area contributed by atoms with E-state index >= 15 is 0 Å². The predicted molar refractivity (Wildman–Crippen MR) is 126 cm³/mol. The van der Waals surface area contributed by atoms with Crippen LogP contribution in [0.5, 0.6) is 0 Å². The summed E-state index contributed by atoms with van der Waals surface area (Å²) < 4.78 is 1.01. The quantitative estimate of drug-likeness (QED) is 0.565. The summed E-state index contributed by atoms with van der Waals surface area (Å²) in [7, 11) is 0. The van der Waals surface area contributed by atoms with Crippen molar-refractivity contribution in [3.8, 4) is 0 Å². The minimum absolute atomic E-state index is 0.0587. The average Bonchev–Trinajstić information content (AvgIpc) is 3.27. The standard InChI is InChI=1S/C25H24N2O2S2/c28-21-11-16-30-25-20(21)17-22(31-25)24(29)27-14-12-26(13-15-27)23(18-7-3-1-4-8-18)19-9-5-2-6-10-19/h1-10,17,23H,11-16H2. The van der Waals surface area contributed by atoms with E-state index in [1.165, 1.54) is 22.5 Å². The number of carbonyl (C=O) groups excluding carboxylic acids is 2. The fourth-order valence-electron chi connectivity index (χ4n) is 4.38. The van der Waals surface area contributed by atoms with Crippen LogP contribution >= 0.6 is 23.1 Å². The molecule has 5 rings (SSSR count). The molecular formula is C25H24N2O2S2. The van der Waals surface area contributed by atoms with E-state index in [-0.39, 0.29) is 17.7 Å². The minimum atomic E-state index is 0.0587. The Morgan fingerprint density at radius 3 is 2.06 bits per heavy atom. The molecule has 4 nitrogen and oxygen atoms in total. The molecule has 31 heavy (non-hydrogen) atoms. The summed E-state index contributed by atoms with van der Waals surface area (Å²) in [5, 5.41) is 0. The van der Waals surface area contributed by atoms with Crippen molar-refractivity contribution in [3.05, 3.63) is 88.3 Å². The highest BCUT2D eigenvalue weighted by Gasteiger charge is 2.30. The maximum Gasteiger partial charge on any atom is 0.264 e. The molecule has 6 heteroatoms. The van der Waals surface area contributed by atoms with Gasteiger partial charge in [-0.05, 0) is 17.2 Å². The highest BCUT2D eigenvalue weighted by molar-refractivity contribution is 8.01. The van der Waals surface area contributed by atoms with Crippen molar-refractivity contribution in [1.29, 1.82) is 0 Å². The molecule has 0 radical (unpaired) electrons. The van der Waals surface area contributed by atoms with Crippen molar-refractivity contribution in [1.82, 2.24) is 9.80 Å². The zero-order chi connectivity index (χ0) is 21.2. The van der Waals surface area contributed by atoms with Gasteiger partial charge in [-0.2, -0.15) is 0 Å². The zero-order valence-electron chi connectivity index (χ0n) is 17.2. The van der Waals surface area contributed by atoms with E-state index in [1.54, 1.807) is 11.8 Å². The van der Waals surface area contributed by atoms with Gasteiger partial charge in [-0.15, -0.1) is 23.1 Å². The van der Waals surface area contributed by atoms with Gasteiger partial charge in [0.25, 0.3) is 5.91 Å². The van der Waals surface area contributed by atoms with Gasteiger partial charge in [0.1, 0.15) is 0 Å². The Balaban J connectivity index is 1.32. The molecule has 0 atom stereocenters. The normalized spacial score (nSPS) is 17.1. The molecule has 1 amide bonds. The number of hydrogen-bond donors (Lipinski definition) is 0. The summed E-state index contributed by atoms with van der Waals surface area (Å²) in [5.74, 6) is 1.05. The van der Waals surface area contributed by atoms with Crippen LogP contribution in [0.2, 0.25) is 0 Å². The number of thiophene rings is 1. The first kappa shape index (κ1) is 20.5. The highest BCUT2D eigenvalue weighted by atomic mass is 32.2. The van der Waals surface area contributed by atoms with Crippen LogP contribution in [0.25, 0.3) is 0 Å². The van der Waals surface area contributed by atoms with Crippen LogP contribution in [0.4, 0.5) is 0 Å². The number of rotatable bonds is 4. The number of nitrogens with zero attached hydrogens (tertiary/aromatic N) is 2. The number of ketones is 1. The smallest absolute Gasteiger partial charge is 0.264 e. The highest BCUT2D eigenvalue weighted by Crippen LogP contribution is 2.38. The van der Waals surface area contributed by atoms with Gasteiger partial charge >= 0.3 is 0 Å². The fourth-order valence-corrected chi connectivity index (χ4v) is 6.81. The van der Waals surface area contributed by atoms with Gasteiger partial charge in [0, 0.05) is 43.9 Å². The van der Waals surface area contributed by atoms with E-state index in [9.17, 15) is 9.59 Å². The monoisotopic (exact) mass is 448 g/mol. The van der Waals surface area contributed by atoms with Crippen molar-refractivity contribution in [2.45, 2.75) is 16.7 Å². The number of benzene rings is 2. The number of hydrogen-bond acceptors (Lipinski definition) is 5. The molecule has 1 fully saturated rings. The lowest BCUT2D eigenvalue weighted by Gasteiger charge is -2.39. The molecule has 0 unspecified atom stereocenters. The van der Waals surface area contributed by atoms with Crippen LogP contribution in [0.15, 0.2) is 70.9 Å². The molecule has 0 spiro atoms. The first-order valence-corrected chi connectivity index (χ1v) is 12.4. The Hall–Kier alpha value is -2.41.